The van der Waals surface area contributed by atoms with Crippen molar-refractivity contribution >= 4 is 11.4 Å². The zero-order valence-corrected chi connectivity index (χ0v) is 10.8. The smallest absolute Gasteiger partial charge is 0.269 e. The number of anilines is 1. The van der Waals surface area contributed by atoms with Gasteiger partial charge in [0, 0.05) is 24.4 Å². The van der Waals surface area contributed by atoms with Crippen molar-refractivity contribution in [3.05, 3.63) is 69.8 Å². The van der Waals surface area contributed by atoms with Crippen LogP contribution in [0.4, 0.5) is 11.4 Å². The first-order valence-corrected chi connectivity index (χ1v) is 6.25. The highest BCUT2D eigenvalue weighted by Crippen LogP contribution is 2.16. The number of rotatable bonds is 5. The fraction of sp³-hybridized carbons (Fsp3) is 0.200. The minimum absolute atomic E-state index is 0.126. The highest BCUT2D eigenvalue weighted by Gasteiger charge is 2.05. The van der Waals surface area contributed by atoms with Gasteiger partial charge in [-0.2, -0.15) is 0 Å². The number of aryl methyl sites for hydroxylation is 1. The third-order valence-electron chi connectivity index (χ3n) is 2.95. The van der Waals surface area contributed by atoms with Crippen LogP contribution in [0.25, 0.3) is 0 Å². The van der Waals surface area contributed by atoms with E-state index in [1.165, 1.54) is 11.6 Å². The summed E-state index contributed by atoms with van der Waals surface area (Å²) in [5.74, 6) is 0. The predicted octanol–water partition coefficient (Wildman–Crippen LogP) is 3.77. The average molecular weight is 256 g/mol. The minimum atomic E-state index is -0.374. The van der Waals surface area contributed by atoms with Crippen LogP contribution in [-0.2, 0) is 13.0 Å². The molecule has 0 unspecified atom stereocenters. The Morgan fingerprint density at radius 2 is 1.84 bits per heavy atom. The number of non-ortho nitro benzene ring substituents is 1. The molecular formula is C15H16N2O2. The first-order valence-electron chi connectivity index (χ1n) is 6.25. The first-order chi connectivity index (χ1) is 9.19. The molecule has 0 amide bonds. The van der Waals surface area contributed by atoms with E-state index < -0.39 is 0 Å². The number of nitro groups is 1. The molecule has 0 saturated heterocycles. The number of hydrogen-bond donors (Lipinski definition) is 1. The fourth-order valence-corrected chi connectivity index (χ4v) is 1.89. The van der Waals surface area contributed by atoms with Crippen molar-refractivity contribution in [3.63, 3.8) is 0 Å². The van der Waals surface area contributed by atoms with Gasteiger partial charge < -0.3 is 5.32 Å². The molecule has 0 aliphatic heterocycles. The van der Waals surface area contributed by atoms with Gasteiger partial charge in [0.2, 0.25) is 0 Å². The number of nitro benzene ring substituents is 1. The van der Waals surface area contributed by atoms with Crippen LogP contribution in [0.5, 0.6) is 0 Å². The number of nitrogens with one attached hydrogen (secondary N) is 1. The van der Waals surface area contributed by atoms with Gasteiger partial charge in [0.25, 0.3) is 5.69 Å². The van der Waals surface area contributed by atoms with Crippen LogP contribution in [-0.4, -0.2) is 4.92 Å². The van der Waals surface area contributed by atoms with Gasteiger partial charge in [-0.3, -0.25) is 10.1 Å². The molecule has 0 heterocycles. The monoisotopic (exact) mass is 256 g/mol. The summed E-state index contributed by atoms with van der Waals surface area (Å²) in [7, 11) is 0. The maximum absolute atomic E-state index is 10.7. The Morgan fingerprint density at radius 3 is 2.58 bits per heavy atom. The fourth-order valence-electron chi connectivity index (χ4n) is 1.89. The van der Waals surface area contributed by atoms with Crippen LogP contribution in [0.1, 0.15) is 18.1 Å². The molecule has 0 aliphatic carbocycles. The summed E-state index contributed by atoms with van der Waals surface area (Å²) in [6, 6.07) is 14.9. The predicted molar refractivity (Wildman–Crippen MR) is 76.2 cm³/mol. The minimum Gasteiger partial charge on any atom is -0.381 e. The molecule has 2 aromatic rings. The van der Waals surface area contributed by atoms with Crippen molar-refractivity contribution in [1.82, 2.24) is 0 Å². The molecule has 19 heavy (non-hydrogen) atoms. The topological polar surface area (TPSA) is 55.2 Å². The number of nitrogens with zero attached hydrogens (tertiary/aromatic N) is 1. The molecule has 0 saturated carbocycles. The lowest BCUT2D eigenvalue weighted by molar-refractivity contribution is -0.384. The van der Waals surface area contributed by atoms with E-state index in [0.29, 0.717) is 6.54 Å². The summed E-state index contributed by atoms with van der Waals surface area (Å²) in [5, 5.41) is 14.0. The maximum atomic E-state index is 10.7. The van der Waals surface area contributed by atoms with Crippen molar-refractivity contribution in [2.45, 2.75) is 19.9 Å². The van der Waals surface area contributed by atoms with Gasteiger partial charge >= 0.3 is 0 Å². The molecule has 4 heteroatoms. The molecule has 0 bridgehead atoms. The molecule has 2 rings (SSSR count). The summed E-state index contributed by atoms with van der Waals surface area (Å²) >= 11 is 0. The molecule has 0 aliphatic rings. The van der Waals surface area contributed by atoms with Gasteiger partial charge in [-0.1, -0.05) is 31.2 Å². The summed E-state index contributed by atoms with van der Waals surface area (Å²) in [6.07, 6.45) is 0.992. The standard InChI is InChI=1S/C15H16N2O2/c1-2-12-5-3-7-14(9-12)16-11-13-6-4-8-15(10-13)17(18)19/h3-10,16H,2,11H2,1H3. The van der Waals surface area contributed by atoms with Crippen molar-refractivity contribution in [2.75, 3.05) is 5.32 Å². The Kier molecular flexibility index (Phi) is 4.13. The molecule has 1 N–H and O–H groups in total. The summed E-state index contributed by atoms with van der Waals surface area (Å²) in [6.45, 7) is 2.69. The average Bonchev–Trinajstić information content (AvgIpc) is 2.45. The van der Waals surface area contributed by atoms with Crippen LogP contribution in [0.3, 0.4) is 0 Å². The van der Waals surface area contributed by atoms with Crippen molar-refractivity contribution in [1.29, 1.82) is 0 Å². The number of benzene rings is 2. The lowest BCUT2D eigenvalue weighted by Crippen LogP contribution is -2.00. The van der Waals surface area contributed by atoms with Gasteiger partial charge in [-0.25, -0.2) is 0 Å². The maximum Gasteiger partial charge on any atom is 0.269 e. The largest absolute Gasteiger partial charge is 0.381 e. The second kappa shape index (κ2) is 6.00. The van der Waals surface area contributed by atoms with Crippen molar-refractivity contribution in [2.24, 2.45) is 0 Å². The molecule has 0 spiro atoms. The molecule has 0 fully saturated rings. The SMILES string of the molecule is CCc1cccc(NCc2cccc([N+](=O)[O-])c2)c1. The van der Waals surface area contributed by atoms with Crippen LogP contribution in [0.15, 0.2) is 48.5 Å². The molecule has 0 radical (unpaired) electrons. The lowest BCUT2D eigenvalue weighted by Gasteiger charge is -2.07. The Balaban J connectivity index is 2.05. The zero-order chi connectivity index (χ0) is 13.7. The van der Waals surface area contributed by atoms with Gasteiger partial charge in [-0.15, -0.1) is 0 Å². The van der Waals surface area contributed by atoms with E-state index in [9.17, 15) is 10.1 Å². The van der Waals surface area contributed by atoms with E-state index in [4.69, 9.17) is 0 Å². The third-order valence-corrected chi connectivity index (χ3v) is 2.95. The van der Waals surface area contributed by atoms with Gasteiger partial charge in [0.1, 0.15) is 0 Å². The van der Waals surface area contributed by atoms with Crippen LogP contribution < -0.4 is 5.32 Å². The third kappa shape index (κ3) is 3.55. The van der Waals surface area contributed by atoms with Crippen molar-refractivity contribution < 1.29 is 4.92 Å². The van der Waals surface area contributed by atoms with E-state index in [2.05, 4.69) is 24.4 Å². The highest BCUT2D eigenvalue weighted by molar-refractivity contribution is 5.47. The molecule has 2 aromatic carbocycles. The number of hydrogen-bond acceptors (Lipinski definition) is 3. The quantitative estimate of drug-likeness (QED) is 0.654. The lowest BCUT2D eigenvalue weighted by atomic mass is 10.1. The van der Waals surface area contributed by atoms with Crippen molar-refractivity contribution in [3.8, 4) is 0 Å². The highest BCUT2D eigenvalue weighted by atomic mass is 16.6. The molecule has 98 valence electrons. The van der Waals surface area contributed by atoms with Gasteiger partial charge in [0.05, 0.1) is 4.92 Å². The Morgan fingerprint density at radius 1 is 1.11 bits per heavy atom. The second-order valence-electron chi connectivity index (χ2n) is 4.33. The summed E-state index contributed by atoms with van der Waals surface area (Å²) in [4.78, 5) is 10.3. The Labute approximate surface area is 112 Å². The summed E-state index contributed by atoms with van der Waals surface area (Å²) in [5.41, 5.74) is 3.33. The first kappa shape index (κ1) is 13.1. The molecular weight excluding hydrogens is 240 g/mol. The Bertz CT molecular complexity index is 582. The second-order valence-corrected chi connectivity index (χ2v) is 4.33. The molecule has 4 nitrogen and oxygen atoms in total. The van der Waals surface area contributed by atoms with E-state index in [1.54, 1.807) is 12.1 Å². The molecule has 0 aromatic heterocycles. The van der Waals surface area contributed by atoms with E-state index >= 15 is 0 Å². The van der Waals surface area contributed by atoms with Gasteiger partial charge in [-0.05, 0) is 29.7 Å². The van der Waals surface area contributed by atoms with E-state index in [1.807, 2.05) is 18.2 Å². The normalized spacial score (nSPS) is 10.2. The van der Waals surface area contributed by atoms with Crippen LogP contribution in [0.2, 0.25) is 0 Å². The molecule has 0 atom stereocenters. The van der Waals surface area contributed by atoms with Crippen LogP contribution in [0, 0.1) is 10.1 Å². The van der Waals surface area contributed by atoms with E-state index in [0.717, 1.165) is 17.7 Å². The Hall–Kier alpha value is -2.36. The van der Waals surface area contributed by atoms with Gasteiger partial charge in [0.15, 0.2) is 0 Å². The zero-order valence-electron chi connectivity index (χ0n) is 10.8. The van der Waals surface area contributed by atoms with E-state index in [-0.39, 0.29) is 10.6 Å². The summed E-state index contributed by atoms with van der Waals surface area (Å²) < 4.78 is 0. The van der Waals surface area contributed by atoms with Crippen LogP contribution >= 0.6 is 0 Å².